The first-order chi connectivity index (χ1) is 14.8. The molecule has 0 radical (unpaired) electrons. The van der Waals surface area contributed by atoms with Crippen LogP contribution in [0.2, 0.25) is 0 Å². The third kappa shape index (κ3) is 4.86. The Bertz CT molecular complexity index is 927. The van der Waals surface area contributed by atoms with Crippen LogP contribution in [0, 0.1) is 13.8 Å². The van der Waals surface area contributed by atoms with Crippen LogP contribution in [0.3, 0.4) is 0 Å². The van der Waals surface area contributed by atoms with Crippen molar-refractivity contribution in [3.05, 3.63) is 58.9 Å². The SMILES string of the molecule is Cc1cc(COc2ccc(C3(C)CCN(C(CCN)C(=O)NO)C3=O)cc2)cc(C)n1. The zero-order valence-electron chi connectivity index (χ0n) is 18.2. The van der Waals surface area contributed by atoms with E-state index in [1.165, 1.54) is 4.90 Å². The molecular weight excluding hydrogens is 396 g/mol. The number of aryl methyl sites for hydroxylation is 2. The van der Waals surface area contributed by atoms with Gasteiger partial charge < -0.3 is 15.4 Å². The Balaban J connectivity index is 1.71. The van der Waals surface area contributed by atoms with E-state index >= 15 is 0 Å². The minimum atomic E-state index is -0.779. The van der Waals surface area contributed by atoms with E-state index in [0.29, 0.717) is 25.3 Å². The van der Waals surface area contributed by atoms with Crippen LogP contribution < -0.4 is 16.0 Å². The quantitative estimate of drug-likeness (QED) is 0.439. The van der Waals surface area contributed by atoms with Gasteiger partial charge in [-0.05, 0) is 75.5 Å². The summed E-state index contributed by atoms with van der Waals surface area (Å²) in [4.78, 5) is 31.1. The number of amides is 2. The van der Waals surface area contributed by atoms with Crippen LogP contribution in [-0.2, 0) is 21.6 Å². The number of likely N-dealkylation sites (tertiary alicyclic amines) is 1. The molecule has 8 heteroatoms. The predicted octanol–water partition coefficient (Wildman–Crippen LogP) is 1.99. The van der Waals surface area contributed by atoms with Gasteiger partial charge in [-0.2, -0.15) is 0 Å². The molecule has 2 unspecified atom stereocenters. The Morgan fingerprint density at radius 2 is 1.94 bits per heavy atom. The fraction of sp³-hybridized carbons (Fsp3) is 0.435. The van der Waals surface area contributed by atoms with Crippen molar-refractivity contribution in [1.82, 2.24) is 15.4 Å². The fourth-order valence-electron chi connectivity index (χ4n) is 4.19. The number of carbonyl (C=O) groups excluding carboxylic acids is 2. The van der Waals surface area contributed by atoms with Crippen LogP contribution in [0.15, 0.2) is 36.4 Å². The topological polar surface area (TPSA) is 118 Å². The van der Waals surface area contributed by atoms with E-state index in [0.717, 1.165) is 22.5 Å². The molecular formula is C23H30N4O4. The lowest BCUT2D eigenvalue weighted by Gasteiger charge is -2.29. The van der Waals surface area contributed by atoms with Gasteiger partial charge in [0.2, 0.25) is 5.91 Å². The lowest BCUT2D eigenvalue weighted by molar-refractivity contribution is -0.144. The maximum Gasteiger partial charge on any atom is 0.266 e. The molecule has 8 nitrogen and oxygen atoms in total. The van der Waals surface area contributed by atoms with E-state index in [1.807, 2.05) is 57.2 Å². The molecule has 31 heavy (non-hydrogen) atoms. The van der Waals surface area contributed by atoms with Gasteiger partial charge in [0.25, 0.3) is 5.91 Å². The fourth-order valence-corrected chi connectivity index (χ4v) is 4.19. The summed E-state index contributed by atoms with van der Waals surface area (Å²) in [6.07, 6.45) is 0.857. The average Bonchev–Trinajstić information content (AvgIpc) is 3.05. The summed E-state index contributed by atoms with van der Waals surface area (Å²) in [6, 6.07) is 10.7. The highest BCUT2D eigenvalue weighted by Crippen LogP contribution is 2.37. The van der Waals surface area contributed by atoms with Crippen molar-refractivity contribution in [2.45, 2.75) is 51.7 Å². The minimum absolute atomic E-state index is 0.147. The van der Waals surface area contributed by atoms with Crippen molar-refractivity contribution in [1.29, 1.82) is 0 Å². The molecule has 2 aromatic rings. The number of hydrogen-bond acceptors (Lipinski definition) is 6. The van der Waals surface area contributed by atoms with Crippen LogP contribution in [0.1, 0.15) is 42.3 Å². The number of benzene rings is 1. The van der Waals surface area contributed by atoms with E-state index in [9.17, 15) is 9.59 Å². The highest BCUT2D eigenvalue weighted by Gasteiger charge is 2.47. The Morgan fingerprint density at radius 1 is 1.29 bits per heavy atom. The van der Waals surface area contributed by atoms with Crippen molar-refractivity contribution in [2.24, 2.45) is 5.73 Å². The zero-order valence-corrected chi connectivity index (χ0v) is 18.2. The maximum atomic E-state index is 13.2. The molecule has 0 bridgehead atoms. The van der Waals surface area contributed by atoms with Crippen molar-refractivity contribution < 1.29 is 19.5 Å². The Labute approximate surface area is 182 Å². The van der Waals surface area contributed by atoms with Gasteiger partial charge in [0.1, 0.15) is 18.4 Å². The van der Waals surface area contributed by atoms with Gasteiger partial charge in [-0.15, -0.1) is 0 Å². The monoisotopic (exact) mass is 426 g/mol. The molecule has 1 aromatic heterocycles. The Morgan fingerprint density at radius 3 is 2.52 bits per heavy atom. The first-order valence-electron chi connectivity index (χ1n) is 10.4. The molecule has 1 saturated heterocycles. The smallest absolute Gasteiger partial charge is 0.266 e. The molecule has 1 aliphatic heterocycles. The van der Waals surface area contributed by atoms with E-state index < -0.39 is 17.4 Å². The molecule has 0 saturated carbocycles. The maximum absolute atomic E-state index is 13.2. The van der Waals surface area contributed by atoms with Crippen LogP contribution in [-0.4, -0.2) is 46.0 Å². The second-order valence-electron chi connectivity index (χ2n) is 8.22. The molecule has 4 N–H and O–H groups in total. The standard InChI is InChI=1S/C23H30N4O4/c1-15-12-17(13-16(2)25-15)14-31-19-6-4-18(5-7-19)23(3)9-11-27(22(23)29)20(8-10-24)21(28)26-30/h4-7,12-13,20,30H,8-11,14,24H2,1-3H3,(H,26,28). The van der Waals surface area contributed by atoms with Gasteiger partial charge in [-0.3, -0.25) is 19.8 Å². The molecule has 2 atom stereocenters. The molecule has 1 aromatic carbocycles. The van der Waals surface area contributed by atoms with Crippen LogP contribution in [0.25, 0.3) is 0 Å². The highest BCUT2D eigenvalue weighted by atomic mass is 16.5. The molecule has 166 valence electrons. The molecule has 0 aliphatic carbocycles. The third-order valence-corrected chi connectivity index (χ3v) is 5.85. The van der Waals surface area contributed by atoms with E-state index in [-0.39, 0.29) is 18.9 Å². The summed E-state index contributed by atoms with van der Waals surface area (Å²) in [5.74, 6) is -0.0539. The largest absolute Gasteiger partial charge is 0.489 e. The number of aromatic nitrogens is 1. The Kier molecular flexibility index (Phi) is 6.92. The number of nitrogens with zero attached hydrogens (tertiary/aromatic N) is 2. The normalized spacial score (nSPS) is 19.4. The number of hydroxylamine groups is 1. The van der Waals surface area contributed by atoms with Crippen molar-refractivity contribution in [3.8, 4) is 5.75 Å². The van der Waals surface area contributed by atoms with E-state index in [4.69, 9.17) is 15.7 Å². The number of rotatable bonds is 8. The second-order valence-corrected chi connectivity index (χ2v) is 8.22. The molecule has 3 rings (SSSR count). The molecule has 0 spiro atoms. The van der Waals surface area contributed by atoms with E-state index in [1.54, 1.807) is 5.48 Å². The van der Waals surface area contributed by atoms with E-state index in [2.05, 4.69) is 4.98 Å². The molecule has 2 heterocycles. The minimum Gasteiger partial charge on any atom is -0.489 e. The number of hydrogen-bond donors (Lipinski definition) is 3. The molecule has 2 amide bonds. The van der Waals surface area contributed by atoms with Crippen LogP contribution in [0.4, 0.5) is 0 Å². The first-order valence-corrected chi connectivity index (χ1v) is 10.4. The predicted molar refractivity (Wildman–Crippen MR) is 116 cm³/mol. The summed E-state index contributed by atoms with van der Waals surface area (Å²) in [5.41, 5.74) is 10.3. The van der Waals surface area contributed by atoms with Gasteiger partial charge in [0.15, 0.2) is 0 Å². The number of nitrogens with two attached hydrogens (primary N) is 1. The first kappa shape index (κ1) is 22.7. The zero-order chi connectivity index (χ0) is 22.6. The summed E-state index contributed by atoms with van der Waals surface area (Å²) in [5, 5.41) is 9.02. The van der Waals surface area contributed by atoms with Crippen LogP contribution in [0.5, 0.6) is 5.75 Å². The van der Waals surface area contributed by atoms with Crippen molar-refractivity contribution in [2.75, 3.05) is 13.1 Å². The summed E-state index contributed by atoms with van der Waals surface area (Å²) in [7, 11) is 0. The molecule has 1 fully saturated rings. The van der Waals surface area contributed by atoms with Crippen molar-refractivity contribution in [3.63, 3.8) is 0 Å². The number of carbonyl (C=O) groups is 2. The summed E-state index contributed by atoms with van der Waals surface area (Å²) < 4.78 is 5.90. The van der Waals surface area contributed by atoms with Gasteiger partial charge in [0.05, 0.1) is 5.41 Å². The van der Waals surface area contributed by atoms with Crippen LogP contribution >= 0.6 is 0 Å². The lowest BCUT2D eigenvalue weighted by Crippen LogP contribution is -2.49. The lowest BCUT2D eigenvalue weighted by atomic mass is 9.81. The van der Waals surface area contributed by atoms with Gasteiger partial charge in [-0.25, -0.2) is 5.48 Å². The third-order valence-electron chi connectivity index (χ3n) is 5.85. The number of nitrogens with one attached hydrogen (secondary N) is 1. The Hall–Kier alpha value is -2.97. The van der Waals surface area contributed by atoms with Gasteiger partial charge >= 0.3 is 0 Å². The summed E-state index contributed by atoms with van der Waals surface area (Å²) >= 11 is 0. The summed E-state index contributed by atoms with van der Waals surface area (Å²) in [6.45, 7) is 6.88. The second kappa shape index (κ2) is 9.45. The number of pyridine rings is 1. The number of ether oxygens (including phenoxy) is 1. The average molecular weight is 427 g/mol. The highest BCUT2D eigenvalue weighted by molar-refractivity contribution is 5.94. The van der Waals surface area contributed by atoms with Gasteiger partial charge in [0, 0.05) is 17.9 Å². The van der Waals surface area contributed by atoms with Crippen molar-refractivity contribution >= 4 is 11.8 Å². The van der Waals surface area contributed by atoms with Gasteiger partial charge in [-0.1, -0.05) is 12.1 Å². The molecule has 1 aliphatic rings.